The number of rotatable bonds is 5. The Morgan fingerprint density at radius 2 is 2.11 bits per heavy atom. The fourth-order valence-electron chi connectivity index (χ4n) is 2.02. The third-order valence-corrected chi connectivity index (χ3v) is 3.15. The number of hydrogen-bond donors (Lipinski definition) is 3. The van der Waals surface area contributed by atoms with E-state index in [0.717, 1.165) is 11.3 Å². The highest BCUT2D eigenvalue weighted by atomic mass is 16.5. The quantitative estimate of drug-likeness (QED) is 0.696. The molecule has 0 unspecified atom stereocenters. The van der Waals surface area contributed by atoms with Gasteiger partial charge in [-0.3, -0.25) is 10.1 Å². The van der Waals surface area contributed by atoms with Crippen molar-refractivity contribution in [3.63, 3.8) is 0 Å². The van der Waals surface area contributed by atoms with Crippen LogP contribution in [0, 0.1) is 0 Å². The number of carboxylic acids is 1. The molecular weight excluding hydrogens is 250 g/mol. The number of hydrogen-bond acceptors (Lipinski definition) is 5. The molecule has 1 aliphatic rings. The van der Waals surface area contributed by atoms with E-state index in [2.05, 4.69) is 5.32 Å². The molecule has 0 bridgehead atoms. The molecule has 1 fully saturated rings. The molecular formula is C13H17NO5. The van der Waals surface area contributed by atoms with Crippen LogP contribution in [0.25, 0.3) is 0 Å². The summed E-state index contributed by atoms with van der Waals surface area (Å²) in [5.74, 6) is -0.305. The summed E-state index contributed by atoms with van der Waals surface area (Å²) in [7, 11) is 1.60. The van der Waals surface area contributed by atoms with E-state index in [1.165, 1.54) is 0 Å². The highest BCUT2D eigenvalue weighted by Crippen LogP contribution is 2.16. The number of aliphatic hydroxyl groups excluding tert-OH is 1. The molecule has 0 spiro atoms. The molecule has 6 heteroatoms. The van der Waals surface area contributed by atoms with E-state index in [-0.39, 0.29) is 0 Å². The van der Waals surface area contributed by atoms with Crippen LogP contribution < -0.4 is 10.1 Å². The van der Waals surface area contributed by atoms with Crippen molar-refractivity contribution in [2.45, 2.75) is 24.9 Å². The molecule has 0 amide bonds. The van der Waals surface area contributed by atoms with E-state index < -0.39 is 24.2 Å². The summed E-state index contributed by atoms with van der Waals surface area (Å²) in [6.45, 7) is 0.647. The van der Waals surface area contributed by atoms with Gasteiger partial charge in [0.2, 0.25) is 0 Å². The van der Waals surface area contributed by atoms with E-state index in [1.807, 2.05) is 24.3 Å². The largest absolute Gasteiger partial charge is 0.497 e. The maximum absolute atomic E-state index is 10.8. The number of methoxy groups -OCH3 is 1. The molecule has 1 heterocycles. The van der Waals surface area contributed by atoms with Crippen LogP contribution in [0.1, 0.15) is 5.56 Å². The van der Waals surface area contributed by atoms with Crippen LogP contribution in [-0.2, 0) is 16.1 Å². The van der Waals surface area contributed by atoms with Crippen LogP contribution in [0.4, 0.5) is 0 Å². The van der Waals surface area contributed by atoms with Crippen LogP contribution in [0.15, 0.2) is 24.3 Å². The Hall–Kier alpha value is -1.63. The Morgan fingerprint density at radius 3 is 2.63 bits per heavy atom. The third kappa shape index (κ3) is 3.23. The van der Waals surface area contributed by atoms with Gasteiger partial charge in [-0.2, -0.15) is 0 Å². The standard InChI is InChI=1S/C13H17NO5/c1-18-9-4-2-8(3-5-9)7-19-10-6-14-11(12(10)15)13(16)17/h2-5,10-12,14-15H,6-7H2,1H3,(H,16,17)/t10-,11-,12+/m0/s1. The van der Waals surface area contributed by atoms with Gasteiger partial charge in [0.1, 0.15) is 17.9 Å². The van der Waals surface area contributed by atoms with Crippen molar-refractivity contribution in [3.8, 4) is 5.75 Å². The Bertz CT molecular complexity index is 433. The zero-order valence-corrected chi connectivity index (χ0v) is 10.6. The Morgan fingerprint density at radius 1 is 1.42 bits per heavy atom. The molecule has 0 aromatic heterocycles. The lowest BCUT2D eigenvalue weighted by atomic mass is 10.1. The van der Waals surface area contributed by atoms with Crippen molar-refractivity contribution >= 4 is 5.97 Å². The Balaban J connectivity index is 1.87. The smallest absolute Gasteiger partial charge is 0.323 e. The minimum Gasteiger partial charge on any atom is -0.497 e. The first-order valence-corrected chi connectivity index (χ1v) is 6.00. The summed E-state index contributed by atoms with van der Waals surface area (Å²) in [6, 6.07) is 6.41. The highest BCUT2D eigenvalue weighted by Gasteiger charge is 2.39. The summed E-state index contributed by atoms with van der Waals surface area (Å²) >= 11 is 0. The molecule has 1 saturated heterocycles. The molecule has 0 radical (unpaired) electrons. The van der Waals surface area contributed by atoms with Crippen molar-refractivity contribution in [1.29, 1.82) is 0 Å². The summed E-state index contributed by atoms with van der Waals surface area (Å²) < 4.78 is 10.6. The molecule has 0 saturated carbocycles. The maximum atomic E-state index is 10.8. The molecule has 3 atom stereocenters. The fourth-order valence-corrected chi connectivity index (χ4v) is 2.02. The summed E-state index contributed by atoms with van der Waals surface area (Å²) in [6.07, 6.45) is -1.54. The van der Waals surface area contributed by atoms with Crippen molar-refractivity contribution in [1.82, 2.24) is 5.32 Å². The zero-order valence-electron chi connectivity index (χ0n) is 10.6. The fraction of sp³-hybridized carbons (Fsp3) is 0.462. The van der Waals surface area contributed by atoms with E-state index in [4.69, 9.17) is 14.6 Å². The average Bonchev–Trinajstić information content (AvgIpc) is 2.78. The summed E-state index contributed by atoms with van der Waals surface area (Å²) in [5.41, 5.74) is 0.937. The first-order valence-electron chi connectivity index (χ1n) is 6.00. The number of ether oxygens (including phenoxy) is 2. The predicted molar refractivity (Wildman–Crippen MR) is 67.0 cm³/mol. The Kier molecular flexibility index (Phi) is 4.36. The molecule has 2 rings (SSSR count). The van der Waals surface area contributed by atoms with Crippen molar-refractivity contribution < 1.29 is 24.5 Å². The van der Waals surface area contributed by atoms with Gasteiger partial charge in [0, 0.05) is 6.54 Å². The summed E-state index contributed by atoms with van der Waals surface area (Å²) in [4.78, 5) is 10.8. The van der Waals surface area contributed by atoms with E-state index in [0.29, 0.717) is 13.2 Å². The van der Waals surface area contributed by atoms with E-state index >= 15 is 0 Å². The number of benzene rings is 1. The number of nitrogens with one attached hydrogen (secondary N) is 1. The van der Waals surface area contributed by atoms with Gasteiger partial charge < -0.3 is 19.7 Å². The van der Waals surface area contributed by atoms with Gasteiger partial charge in [-0.05, 0) is 17.7 Å². The van der Waals surface area contributed by atoms with Gasteiger partial charge in [0.15, 0.2) is 0 Å². The lowest BCUT2D eigenvalue weighted by Gasteiger charge is -2.16. The van der Waals surface area contributed by atoms with Crippen molar-refractivity contribution in [2.75, 3.05) is 13.7 Å². The van der Waals surface area contributed by atoms with Crippen molar-refractivity contribution in [2.24, 2.45) is 0 Å². The molecule has 104 valence electrons. The number of aliphatic carboxylic acids is 1. The van der Waals surface area contributed by atoms with Gasteiger partial charge in [-0.1, -0.05) is 12.1 Å². The average molecular weight is 267 g/mol. The first kappa shape index (κ1) is 13.8. The molecule has 1 aromatic carbocycles. The lowest BCUT2D eigenvalue weighted by molar-refractivity contribution is -0.142. The molecule has 1 aromatic rings. The van der Waals surface area contributed by atoms with Crippen LogP contribution >= 0.6 is 0 Å². The molecule has 19 heavy (non-hydrogen) atoms. The molecule has 1 aliphatic heterocycles. The number of carbonyl (C=O) groups is 1. The topological polar surface area (TPSA) is 88.0 Å². The second kappa shape index (κ2) is 6.01. The van der Waals surface area contributed by atoms with Crippen LogP contribution in [0.2, 0.25) is 0 Å². The molecule has 3 N–H and O–H groups in total. The van der Waals surface area contributed by atoms with E-state index in [1.54, 1.807) is 7.11 Å². The third-order valence-electron chi connectivity index (χ3n) is 3.15. The zero-order chi connectivity index (χ0) is 13.8. The predicted octanol–water partition coefficient (Wildman–Crippen LogP) is -0.00230. The minimum atomic E-state index is -1.07. The highest BCUT2D eigenvalue weighted by molar-refractivity contribution is 5.74. The summed E-state index contributed by atoms with van der Waals surface area (Å²) in [5, 5.41) is 21.4. The van der Waals surface area contributed by atoms with Gasteiger partial charge in [-0.25, -0.2) is 0 Å². The van der Waals surface area contributed by atoms with Gasteiger partial charge in [-0.15, -0.1) is 0 Å². The second-order valence-corrected chi connectivity index (χ2v) is 4.41. The number of carboxylic acid groups (broad SMARTS) is 1. The van der Waals surface area contributed by atoms with Gasteiger partial charge in [0.05, 0.1) is 19.8 Å². The van der Waals surface area contributed by atoms with E-state index in [9.17, 15) is 9.90 Å². The minimum absolute atomic E-state index is 0.319. The van der Waals surface area contributed by atoms with Gasteiger partial charge >= 0.3 is 5.97 Å². The molecule has 6 nitrogen and oxygen atoms in total. The van der Waals surface area contributed by atoms with Crippen molar-refractivity contribution in [3.05, 3.63) is 29.8 Å². The lowest BCUT2D eigenvalue weighted by Crippen LogP contribution is -2.40. The second-order valence-electron chi connectivity index (χ2n) is 4.41. The van der Waals surface area contributed by atoms with Crippen LogP contribution in [0.5, 0.6) is 5.75 Å². The number of aliphatic hydroxyl groups is 1. The van der Waals surface area contributed by atoms with Gasteiger partial charge in [0.25, 0.3) is 0 Å². The molecule has 0 aliphatic carbocycles. The first-order chi connectivity index (χ1) is 9.11. The van der Waals surface area contributed by atoms with Crippen LogP contribution in [-0.4, -0.2) is 48.1 Å². The normalized spacial score (nSPS) is 26.3. The SMILES string of the molecule is COc1ccc(CO[C@H]2CN[C@H](C(=O)O)[C@@H]2O)cc1. The monoisotopic (exact) mass is 267 g/mol. The maximum Gasteiger partial charge on any atom is 0.323 e. The van der Waals surface area contributed by atoms with Crippen LogP contribution in [0.3, 0.4) is 0 Å². The Labute approximate surface area is 111 Å².